The summed E-state index contributed by atoms with van der Waals surface area (Å²) in [5.74, 6) is 0.307. The molecule has 1 heterocycles. The maximum atomic E-state index is 10.5. The molecule has 8 heavy (non-hydrogen) atoms. The minimum Gasteiger partial charge on any atom is -0.618 e. The van der Waals surface area contributed by atoms with Crippen molar-refractivity contribution in [3.63, 3.8) is 0 Å². The van der Waals surface area contributed by atoms with Gasteiger partial charge in [-0.3, -0.25) is 0 Å². The summed E-state index contributed by atoms with van der Waals surface area (Å²) in [6, 6.07) is 0. The Morgan fingerprint density at radius 2 is 2.62 bits per heavy atom. The molecule has 4 heteroatoms. The van der Waals surface area contributed by atoms with Crippen LogP contribution >= 0.6 is 22.9 Å². The average Bonchev–Trinajstić information content (AvgIpc) is 2.14. The van der Waals surface area contributed by atoms with Crippen LogP contribution in [0.2, 0.25) is 0 Å². The molecule has 1 rings (SSSR count). The van der Waals surface area contributed by atoms with Crippen molar-refractivity contribution >= 4 is 22.9 Å². The summed E-state index contributed by atoms with van der Waals surface area (Å²) in [5, 5.41) is 12.9. The second-order valence-electron chi connectivity index (χ2n) is 1.26. The first-order valence-electron chi connectivity index (χ1n) is 2.06. The van der Waals surface area contributed by atoms with Crippen LogP contribution in [-0.4, -0.2) is 0 Å². The van der Waals surface area contributed by atoms with Crippen LogP contribution < -0.4 is 4.73 Å². The van der Waals surface area contributed by atoms with Gasteiger partial charge < -0.3 is 5.21 Å². The zero-order valence-corrected chi connectivity index (χ0v) is 5.58. The van der Waals surface area contributed by atoms with E-state index in [9.17, 15) is 5.21 Å². The van der Waals surface area contributed by atoms with E-state index >= 15 is 0 Å². The third kappa shape index (κ3) is 0.928. The topological polar surface area (TPSA) is 26.9 Å². The Balaban J connectivity index is 2.92. The lowest BCUT2D eigenvalue weighted by Crippen LogP contribution is -2.26. The lowest BCUT2D eigenvalue weighted by molar-refractivity contribution is -0.607. The second kappa shape index (κ2) is 2.33. The molecule has 0 aliphatic heterocycles. The molecule has 0 aliphatic rings. The molecule has 0 spiro atoms. The molecule has 0 atom stereocenters. The molecule has 0 bridgehead atoms. The van der Waals surface area contributed by atoms with Gasteiger partial charge in [0.15, 0.2) is 6.20 Å². The van der Waals surface area contributed by atoms with Gasteiger partial charge in [-0.25, -0.2) is 0 Å². The Morgan fingerprint density at radius 1 is 1.88 bits per heavy atom. The number of nitrogens with zero attached hydrogens (tertiary/aromatic N) is 1. The van der Waals surface area contributed by atoms with Crippen LogP contribution in [0, 0.1) is 5.21 Å². The molecule has 0 saturated heterocycles. The van der Waals surface area contributed by atoms with Gasteiger partial charge in [0.2, 0.25) is 0 Å². The van der Waals surface area contributed by atoms with Gasteiger partial charge in [-0.2, -0.15) is 4.73 Å². The Kier molecular flexibility index (Phi) is 1.70. The fraction of sp³-hybridized carbons (Fsp3) is 0.250. The fourth-order valence-corrected chi connectivity index (χ4v) is 1.25. The molecule has 0 aliphatic carbocycles. The summed E-state index contributed by atoms with van der Waals surface area (Å²) < 4.78 is 0.775. The van der Waals surface area contributed by atoms with E-state index in [0.29, 0.717) is 10.9 Å². The third-order valence-corrected chi connectivity index (χ3v) is 2.03. The van der Waals surface area contributed by atoms with E-state index in [1.807, 2.05) is 0 Å². The number of alkyl halides is 1. The van der Waals surface area contributed by atoms with E-state index in [4.69, 9.17) is 11.6 Å². The highest BCUT2D eigenvalue weighted by Crippen LogP contribution is 2.03. The summed E-state index contributed by atoms with van der Waals surface area (Å²) in [6.07, 6.45) is 1.45. The highest BCUT2D eigenvalue weighted by Gasteiger charge is 2.01. The van der Waals surface area contributed by atoms with Gasteiger partial charge in [0.1, 0.15) is 5.88 Å². The van der Waals surface area contributed by atoms with E-state index in [0.717, 1.165) is 4.73 Å². The van der Waals surface area contributed by atoms with E-state index in [1.54, 1.807) is 5.38 Å². The van der Waals surface area contributed by atoms with Gasteiger partial charge in [-0.05, 0) is 0 Å². The SMILES string of the molecule is [O-][n+]1ccsc1CCl. The normalized spacial score (nSPS) is 9.62. The quantitative estimate of drug-likeness (QED) is 0.334. The number of rotatable bonds is 1. The van der Waals surface area contributed by atoms with Gasteiger partial charge in [-0.15, -0.1) is 11.6 Å². The standard InChI is InChI=1S/C4H4ClNOS/c5-3-4-6(7)1-2-8-4/h1-2H,3H2. The van der Waals surface area contributed by atoms with E-state index in [2.05, 4.69) is 0 Å². The largest absolute Gasteiger partial charge is 0.618 e. The van der Waals surface area contributed by atoms with Crippen molar-refractivity contribution in [3.8, 4) is 0 Å². The molecule has 44 valence electrons. The number of halogens is 1. The predicted octanol–water partition coefficient (Wildman–Crippen LogP) is 1.12. The molecule has 0 fully saturated rings. The first kappa shape index (κ1) is 5.85. The van der Waals surface area contributed by atoms with Crippen molar-refractivity contribution in [3.05, 3.63) is 21.8 Å². The van der Waals surface area contributed by atoms with Gasteiger partial charge in [-0.1, -0.05) is 11.3 Å². The summed E-state index contributed by atoms with van der Waals surface area (Å²) in [6.45, 7) is 0. The lowest BCUT2D eigenvalue weighted by Gasteiger charge is -1.89. The summed E-state index contributed by atoms with van der Waals surface area (Å²) >= 11 is 6.73. The van der Waals surface area contributed by atoms with Crippen LogP contribution in [0.3, 0.4) is 0 Å². The van der Waals surface area contributed by atoms with Gasteiger partial charge >= 0.3 is 0 Å². The number of aromatic nitrogens is 1. The van der Waals surface area contributed by atoms with Gasteiger partial charge in [0.05, 0.1) is 5.38 Å². The van der Waals surface area contributed by atoms with E-state index in [-0.39, 0.29) is 0 Å². The van der Waals surface area contributed by atoms with Crippen LogP contribution in [0.15, 0.2) is 11.6 Å². The van der Waals surface area contributed by atoms with Crippen LogP contribution in [0.5, 0.6) is 0 Å². The molecule has 0 N–H and O–H groups in total. The number of hydrogen-bond acceptors (Lipinski definition) is 2. The number of thiazole rings is 1. The number of hydrogen-bond donors (Lipinski definition) is 0. The Bertz CT molecular complexity index is 176. The molecule has 0 amide bonds. The van der Waals surface area contributed by atoms with Gasteiger partial charge in [0.25, 0.3) is 5.01 Å². The highest BCUT2D eigenvalue weighted by atomic mass is 35.5. The molecule has 0 radical (unpaired) electrons. The molecule has 0 aromatic carbocycles. The highest BCUT2D eigenvalue weighted by molar-refractivity contribution is 7.09. The van der Waals surface area contributed by atoms with Crippen molar-refractivity contribution in [1.82, 2.24) is 0 Å². The molecule has 0 unspecified atom stereocenters. The molecule has 1 aromatic rings. The predicted molar refractivity (Wildman–Crippen MR) is 32.8 cm³/mol. The molecular formula is C4H4ClNOS. The van der Waals surface area contributed by atoms with Crippen LogP contribution in [0.1, 0.15) is 5.01 Å². The minimum atomic E-state index is 0.307. The summed E-state index contributed by atoms with van der Waals surface area (Å²) in [4.78, 5) is 0. The second-order valence-corrected chi connectivity index (χ2v) is 2.50. The lowest BCUT2D eigenvalue weighted by atomic mass is 10.8. The van der Waals surface area contributed by atoms with Gasteiger partial charge in [0, 0.05) is 0 Å². The van der Waals surface area contributed by atoms with Crippen molar-refractivity contribution in [2.45, 2.75) is 5.88 Å². The molecule has 2 nitrogen and oxygen atoms in total. The molecule has 0 saturated carbocycles. The smallest absolute Gasteiger partial charge is 0.263 e. The average molecular weight is 150 g/mol. The molecule has 1 aromatic heterocycles. The Hall–Kier alpha value is -0.280. The Labute approximate surface area is 55.9 Å². The monoisotopic (exact) mass is 149 g/mol. The summed E-state index contributed by atoms with van der Waals surface area (Å²) in [7, 11) is 0. The van der Waals surface area contributed by atoms with E-state index < -0.39 is 0 Å². The van der Waals surface area contributed by atoms with Crippen molar-refractivity contribution < 1.29 is 4.73 Å². The van der Waals surface area contributed by atoms with Crippen LogP contribution in [0.25, 0.3) is 0 Å². The van der Waals surface area contributed by atoms with Crippen LogP contribution in [0.4, 0.5) is 0 Å². The first-order chi connectivity index (χ1) is 3.84. The van der Waals surface area contributed by atoms with Crippen molar-refractivity contribution in [1.29, 1.82) is 0 Å². The zero-order valence-electron chi connectivity index (χ0n) is 4.00. The fourth-order valence-electron chi connectivity index (χ4n) is 0.390. The zero-order chi connectivity index (χ0) is 5.98. The van der Waals surface area contributed by atoms with Crippen LogP contribution in [-0.2, 0) is 5.88 Å². The maximum Gasteiger partial charge on any atom is 0.263 e. The first-order valence-corrected chi connectivity index (χ1v) is 3.47. The van der Waals surface area contributed by atoms with Crippen molar-refractivity contribution in [2.24, 2.45) is 0 Å². The molecular weight excluding hydrogens is 146 g/mol. The Morgan fingerprint density at radius 3 is 2.88 bits per heavy atom. The summed E-state index contributed by atoms with van der Waals surface area (Å²) in [5.41, 5.74) is 0. The van der Waals surface area contributed by atoms with Crippen molar-refractivity contribution in [2.75, 3.05) is 0 Å². The third-order valence-electron chi connectivity index (χ3n) is 0.760. The van der Waals surface area contributed by atoms with E-state index in [1.165, 1.54) is 17.5 Å². The maximum absolute atomic E-state index is 10.5. The minimum absolute atomic E-state index is 0.307.